The van der Waals surface area contributed by atoms with E-state index in [1.54, 1.807) is 13.1 Å². The van der Waals surface area contributed by atoms with E-state index in [1.165, 1.54) is 6.20 Å². The van der Waals surface area contributed by atoms with Crippen LogP contribution in [0.1, 0.15) is 16.2 Å². The normalized spacial score (nSPS) is 10.5. The lowest BCUT2D eigenvalue weighted by Crippen LogP contribution is -2.06. The zero-order valence-corrected chi connectivity index (χ0v) is 11.8. The van der Waals surface area contributed by atoms with Gasteiger partial charge in [0.15, 0.2) is 0 Å². The van der Waals surface area contributed by atoms with Crippen LogP contribution in [0, 0.1) is 6.92 Å². The molecular formula is C13H10N6OS. The molecule has 0 aliphatic carbocycles. The first-order valence-electron chi connectivity index (χ1n) is 6.09. The summed E-state index contributed by atoms with van der Waals surface area (Å²) >= 11 is 4.45. The third-order valence-electron chi connectivity index (χ3n) is 2.93. The van der Waals surface area contributed by atoms with Gasteiger partial charge in [-0.25, -0.2) is 9.97 Å². The minimum Gasteiger partial charge on any atom is -0.339 e. The number of hydrogen-bond acceptors (Lipinski definition) is 6. The minimum absolute atomic E-state index is 0.239. The van der Waals surface area contributed by atoms with E-state index < -0.39 is 5.91 Å². The molecule has 0 unspecified atom stereocenters. The van der Waals surface area contributed by atoms with Gasteiger partial charge in [-0.15, -0.1) is 4.36 Å². The van der Waals surface area contributed by atoms with Crippen molar-refractivity contribution in [1.82, 2.24) is 20.2 Å². The molecule has 3 rings (SSSR count). The molecule has 0 atom stereocenters. The highest BCUT2D eigenvalue weighted by Crippen LogP contribution is 2.22. The molecule has 1 amide bonds. The lowest BCUT2D eigenvalue weighted by Gasteiger charge is -2.09. The SMILES string of the molecule is Cc1ncc(C(=O)N=S)c(Nc2ccc3[nH]ncc3c2)n1. The molecule has 21 heavy (non-hydrogen) atoms. The minimum atomic E-state index is -0.545. The van der Waals surface area contributed by atoms with Crippen molar-refractivity contribution in [3.63, 3.8) is 0 Å². The number of hydrogen-bond donors (Lipinski definition) is 2. The highest BCUT2D eigenvalue weighted by molar-refractivity contribution is 7.47. The highest BCUT2D eigenvalue weighted by atomic mass is 32.1. The number of aryl methyl sites for hydroxylation is 1. The molecule has 0 bridgehead atoms. The fourth-order valence-electron chi connectivity index (χ4n) is 1.93. The third-order valence-corrected chi connectivity index (χ3v) is 3.09. The number of anilines is 2. The first kappa shape index (κ1) is 13.3. The number of aromatic nitrogens is 4. The van der Waals surface area contributed by atoms with E-state index in [0.29, 0.717) is 11.6 Å². The predicted molar refractivity (Wildman–Crippen MR) is 80.3 cm³/mol. The van der Waals surface area contributed by atoms with E-state index >= 15 is 0 Å². The highest BCUT2D eigenvalue weighted by Gasteiger charge is 2.13. The van der Waals surface area contributed by atoms with Crippen LogP contribution in [-0.2, 0) is 12.4 Å². The summed E-state index contributed by atoms with van der Waals surface area (Å²) in [7, 11) is 0. The van der Waals surface area contributed by atoms with Crippen LogP contribution in [0.4, 0.5) is 11.5 Å². The molecule has 104 valence electrons. The fraction of sp³-hybridized carbons (Fsp3) is 0.0769. The van der Waals surface area contributed by atoms with Gasteiger partial charge in [0.1, 0.15) is 17.2 Å². The number of nitrogens with zero attached hydrogens (tertiary/aromatic N) is 4. The summed E-state index contributed by atoms with van der Waals surface area (Å²) in [5.41, 5.74) is 1.94. The number of carbonyl (C=O) groups excluding carboxylic acids is 1. The Hall–Kier alpha value is -2.74. The molecule has 8 heteroatoms. The van der Waals surface area contributed by atoms with E-state index in [-0.39, 0.29) is 5.56 Å². The van der Waals surface area contributed by atoms with Crippen molar-refractivity contribution >= 4 is 40.7 Å². The fourth-order valence-corrected chi connectivity index (χ4v) is 2.03. The maximum absolute atomic E-state index is 11.7. The lowest BCUT2D eigenvalue weighted by atomic mass is 10.2. The van der Waals surface area contributed by atoms with E-state index in [0.717, 1.165) is 16.6 Å². The zero-order chi connectivity index (χ0) is 14.8. The third kappa shape index (κ3) is 2.61. The number of benzene rings is 1. The maximum atomic E-state index is 11.7. The second-order valence-electron chi connectivity index (χ2n) is 4.37. The van der Waals surface area contributed by atoms with Crippen molar-refractivity contribution in [2.24, 2.45) is 4.36 Å². The molecule has 0 radical (unpaired) electrons. The first-order chi connectivity index (χ1) is 10.2. The van der Waals surface area contributed by atoms with Crippen LogP contribution in [-0.4, -0.2) is 26.1 Å². The Labute approximate surface area is 125 Å². The number of nitrogens with one attached hydrogen (secondary N) is 2. The van der Waals surface area contributed by atoms with Crippen LogP contribution >= 0.6 is 0 Å². The van der Waals surface area contributed by atoms with Crippen LogP contribution in [0.15, 0.2) is 35.0 Å². The molecule has 0 saturated heterocycles. The van der Waals surface area contributed by atoms with E-state index in [2.05, 4.69) is 42.3 Å². The average Bonchev–Trinajstić information content (AvgIpc) is 2.94. The number of rotatable bonds is 3. The van der Waals surface area contributed by atoms with Gasteiger partial charge in [-0.3, -0.25) is 9.89 Å². The summed E-state index contributed by atoms with van der Waals surface area (Å²) in [4.78, 5) is 19.9. The van der Waals surface area contributed by atoms with Crippen molar-refractivity contribution in [1.29, 1.82) is 0 Å². The summed E-state index contributed by atoms with van der Waals surface area (Å²) < 4.78 is 3.24. The molecule has 0 aliphatic heterocycles. The Morgan fingerprint density at radius 1 is 1.38 bits per heavy atom. The lowest BCUT2D eigenvalue weighted by molar-refractivity contribution is 0.101. The second-order valence-corrected chi connectivity index (χ2v) is 4.56. The van der Waals surface area contributed by atoms with Crippen LogP contribution in [0.5, 0.6) is 0 Å². The van der Waals surface area contributed by atoms with Gasteiger partial charge in [0.05, 0.1) is 11.7 Å². The first-order valence-corrected chi connectivity index (χ1v) is 6.45. The van der Waals surface area contributed by atoms with Crippen molar-refractivity contribution in [3.8, 4) is 0 Å². The molecule has 7 nitrogen and oxygen atoms in total. The molecule has 0 aliphatic rings. The van der Waals surface area contributed by atoms with Crippen LogP contribution in [0.2, 0.25) is 0 Å². The van der Waals surface area contributed by atoms with Crippen LogP contribution < -0.4 is 5.32 Å². The van der Waals surface area contributed by atoms with Gasteiger partial charge in [-0.05, 0) is 25.1 Å². The summed E-state index contributed by atoms with van der Waals surface area (Å²) in [6.07, 6.45) is 3.13. The Balaban J connectivity index is 2.01. The number of carbonyl (C=O) groups is 1. The number of aromatic amines is 1. The van der Waals surface area contributed by atoms with E-state index in [9.17, 15) is 4.79 Å². The number of fused-ring (bicyclic) bond motifs is 1. The maximum Gasteiger partial charge on any atom is 0.293 e. The van der Waals surface area contributed by atoms with Gasteiger partial charge in [0.2, 0.25) is 0 Å². The topological polar surface area (TPSA) is 95.9 Å². The monoisotopic (exact) mass is 298 g/mol. The quantitative estimate of drug-likeness (QED) is 0.770. The van der Waals surface area contributed by atoms with Crippen molar-refractivity contribution in [2.75, 3.05) is 5.32 Å². The van der Waals surface area contributed by atoms with Gasteiger partial charge in [-0.2, -0.15) is 5.10 Å². The summed E-state index contributed by atoms with van der Waals surface area (Å²) in [5, 5.41) is 10.9. The van der Waals surface area contributed by atoms with Gasteiger partial charge in [0.25, 0.3) is 5.91 Å². The standard InChI is InChI=1S/C13H10N6OS/c1-7-14-6-10(13(20)19-21)12(16-7)17-9-2-3-11-8(4-9)5-15-18-11/h2-6H,1H3,(H,15,18)(H,14,16,17). The summed E-state index contributed by atoms with van der Waals surface area (Å²) in [5.74, 6) is 0.378. The molecule has 2 heterocycles. The average molecular weight is 298 g/mol. The van der Waals surface area contributed by atoms with E-state index in [4.69, 9.17) is 0 Å². The second kappa shape index (κ2) is 5.33. The summed E-state index contributed by atoms with van der Waals surface area (Å²) in [6.45, 7) is 1.74. The van der Waals surface area contributed by atoms with Crippen LogP contribution in [0.25, 0.3) is 10.9 Å². The zero-order valence-electron chi connectivity index (χ0n) is 11.0. The molecule has 0 fully saturated rings. The predicted octanol–water partition coefficient (Wildman–Crippen LogP) is 2.28. The largest absolute Gasteiger partial charge is 0.339 e. The Morgan fingerprint density at radius 2 is 2.24 bits per heavy atom. The molecule has 0 saturated carbocycles. The summed E-state index contributed by atoms with van der Waals surface area (Å²) in [6, 6.07) is 5.64. The number of H-pyrrole nitrogens is 1. The molecule has 1 aromatic carbocycles. The smallest absolute Gasteiger partial charge is 0.293 e. The Morgan fingerprint density at radius 3 is 3.05 bits per heavy atom. The van der Waals surface area contributed by atoms with Gasteiger partial charge in [0, 0.05) is 29.7 Å². The van der Waals surface area contributed by atoms with Crippen LogP contribution in [0.3, 0.4) is 0 Å². The van der Waals surface area contributed by atoms with Crippen molar-refractivity contribution in [3.05, 3.63) is 42.0 Å². The Bertz CT molecular complexity index is 844. The number of amides is 1. The van der Waals surface area contributed by atoms with Gasteiger partial charge >= 0.3 is 0 Å². The van der Waals surface area contributed by atoms with E-state index in [1.807, 2.05) is 18.2 Å². The van der Waals surface area contributed by atoms with Crippen molar-refractivity contribution in [2.45, 2.75) is 6.92 Å². The van der Waals surface area contributed by atoms with Crippen molar-refractivity contribution < 1.29 is 4.79 Å². The van der Waals surface area contributed by atoms with Gasteiger partial charge < -0.3 is 5.32 Å². The molecule has 0 spiro atoms. The molecule has 2 N–H and O–H groups in total. The molecule has 2 aromatic heterocycles. The van der Waals surface area contributed by atoms with Gasteiger partial charge in [-0.1, -0.05) is 0 Å². The molecular weight excluding hydrogens is 288 g/mol. The molecule has 3 aromatic rings. The Kier molecular flexibility index (Phi) is 3.36.